The first-order valence-electron chi connectivity index (χ1n) is 25.8. The highest BCUT2D eigenvalue weighted by Crippen LogP contribution is 2.37. The van der Waals surface area contributed by atoms with Crippen LogP contribution in [0.3, 0.4) is 0 Å². The zero-order valence-electron chi connectivity index (χ0n) is 44.0. The highest BCUT2D eigenvalue weighted by molar-refractivity contribution is 6.04. The third-order valence-corrected chi connectivity index (χ3v) is 13.2. The lowest BCUT2D eigenvalue weighted by Gasteiger charge is -2.16. The van der Waals surface area contributed by atoms with Gasteiger partial charge in [0.2, 0.25) is 23.7 Å². The fraction of sp³-hybridized carbons (Fsp3) is 0.296. The first-order chi connectivity index (χ1) is 38.4. The van der Waals surface area contributed by atoms with Crippen LogP contribution in [-0.2, 0) is 16.1 Å². The Morgan fingerprint density at radius 1 is 0.608 bits per heavy atom. The number of likely N-dealkylation sites (tertiary alicyclic amines) is 2. The molecule has 9 aromatic rings. The summed E-state index contributed by atoms with van der Waals surface area (Å²) < 4.78 is 19.6. The summed E-state index contributed by atoms with van der Waals surface area (Å²) in [5.74, 6) is 5.53. The van der Waals surface area contributed by atoms with E-state index in [1.54, 1.807) is 94.0 Å². The second-order valence-corrected chi connectivity index (χ2v) is 18.8. The van der Waals surface area contributed by atoms with Crippen molar-refractivity contribution in [2.45, 2.75) is 72.0 Å². The molecule has 2 aliphatic rings. The van der Waals surface area contributed by atoms with Crippen molar-refractivity contribution in [1.29, 1.82) is 0 Å². The normalized spacial score (nSPS) is 14.9. The first-order valence-corrected chi connectivity index (χ1v) is 25.8. The number of pyridine rings is 2. The summed E-state index contributed by atoms with van der Waals surface area (Å²) in [5.41, 5.74) is 3.14. The molecule has 11 rings (SSSR count). The van der Waals surface area contributed by atoms with Crippen molar-refractivity contribution in [1.82, 2.24) is 70.1 Å². The van der Waals surface area contributed by atoms with Gasteiger partial charge < -0.3 is 34.6 Å². The van der Waals surface area contributed by atoms with Gasteiger partial charge in [0, 0.05) is 86.8 Å². The van der Waals surface area contributed by atoms with Crippen molar-refractivity contribution in [2.75, 3.05) is 54.6 Å². The standard InChI is InChI=1S/C31H33N9O4.C23H25N9O3/c1-4-26(41)39-16-14-22(18-39)34-28-27-25(13-15-32-29(27)40(38-28)17-20-5-9-23(43-3)10-6-20)44-24-11-7-21(8-12-24)30(42)35-31-33-19(2)36-37-31;1-3-18(33)32-11-9-15(12-32)26-21-19-17(8-10-24-20(19)29-30-21)35-16-6-4-14(5-7-16)22(34)27-23-25-13(2)28-31-23/h5-13,15,22H,4,14,16-18H2,1-3H3,(H,34,38)(H2,33,35,36,37,42);4-8,10,15H,3,9,11-12H2,1-2H3,(H2,24,26,29,30)(H2,25,27,28,31,34)/t22-;15-/m11/s1. The number of benzene rings is 3. The van der Waals surface area contributed by atoms with Gasteiger partial charge >= 0.3 is 0 Å². The maximum absolute atomic E-state index is 12.6. The van der Waals surface area contributed by atoms with Crippen LogP contribution >= 0.6 is 0 Å². The second kappa shape index (κ2) is 23.5. The fourth-order valence-corrected chi connectivity index (χ4v) is 9.17. The number of aryl methyl sites for hydroxylation is 2. The van der Waals surface area contributed by atoms with E-state index in [9.17, 15) is 19.2 Å². The van der Waals surface area contributed by atoms with Gasteiger partial charge in [-0.05, 0) is 92.9 Å². The van der Waals surface area contributed by atoms with E-state index in [4.69, 9.17) is 19.3 Å². The molecule has 3 aromatic carbocycles. The maximum atomic E-state index is 12.6. The number of nitrogens with zero attached hydrogens (tertiary/aromatic N) is 11. The minimum atomic E-state index is -0.333. The number of methoxy groups -OCH3 is 1. The average molecular weight is 1070 g/mol. The number of amides is 4. The number of anilines is 4. The van der Waals surface area contributed by atoms with E-state index >= 15 is 0 Å². The van der Waals surface area contributed by atoms with Gasteiger partial charge in [-0.2, -0.15) is 20.2 Å². The SMILES string of the molecule is CCC(=O)N1CC[C@@H](Nc2n[nH]c3nccc(Oc4ccc(C(=O)Nc5n[nH]c(C)n5)cc4)c23)C1.CCC(=O)N1CC[C@@H](Nc2nn(Cc3ccc(OC)cc3)c3nccc(Oc4ccc(C(=O)Nc5n[nH]c(C)n5)cc4)c23)C1. The summed E-state index contributed by atoms with van der Waals surface area (Å²) in [5, 5.41) is 39.2. The van der Waals surface area contributed by atoms with Crippen molar-refractivity contribution in [3.05, 3.63) is 126 Å². The summed E-state index contributed by atoms with van der Waals surface area (Å²) in [4.78, 5) is 70.3. The quantitative estimate of drug-likeness (QED) is 0.0473. The molecule has 0 aliphatic carbocycles. The van der Waals surface area contributed by atoms with Crippen molar-refractivity contribution in [3.8, 4) is 28.7 Å². The lowest BCUT2D eigenvalue weighted by molar-refractivity contribution is -0.130. The number of carbonyl (C=O) groups is 4. The van der Waals surface area contributed by atoms with E-state index in [0.717, 1.165) is 41.5 Å². The van der Waals surface area contributed by atoms with E-state index in [1.807, 2.05) is 52.6 Å². The van der Waals surface area contributed by atoms with E-state index in [2.05, 4.69) is 71.8 Å². The summed E-state index contributed by atoms with van der Waals surface area (Å²) >= 11 is 0. The predicted octanol–water partition coefficient (Wildman–Crippen LogP) is 7.23. The number of aromatic amines is 3. The topological polar surface area (TPSA) is 306 Å². The smallest absolute Gasteiger partial charge is 0.258 e. The summed E-state index contributed by atoms with van der Waals surface area (Å²) in [6.07, 6.45) is 5.95. The lowest BCUT2D eigenvalue weighted by atomic mass is 10.2. The molecular formula is C54H58N18O7. The summed E-state index contributed by atoms with van der Waals surface area (Å²) in [6, 6.07) is 25.0. The molecule has 7 N–H and O–H groups in total. The highest BCUT2D eigenvalue weighted by atomic mass is 16.5. The third kappa shape index (κ3) is 12.4. The Hall–Kier alpha value is -9.94. The van der Waals surface area contributed by atoms with Crippen LogP contribution in [0.25, 0.3) is 22.1 Å². The number of nitrogens with one attached hydrogen (secondary N) is 7. The zero-order chi connectivity index (χ0) is 55.0. The molecule has 25 heteroatoms. The summed E-state index contributed by atoms with van der Waals surface area (Å²) in [7, 11) is 1.64. The van der Waals surface area contributed by atoms with Gasteiger partial charge in [0.15, 0.2) is 22.9 Å². The first kappa shape index (κ1) is 52.5. The Labute approximate surface area is 452 Å². The Bertz CT molecular complexity index is 3610. The molecule has 406 valence electrons. The Morgan fingerprint density at radius 3 is 1.62 bits per heavy atom. The fourth-order valence-electron chi connectivity index (χ4n) is 9.17. The number of fused-ring (bicyclic) bond motifs is 2. The van der Waals surface area contributed by atoms with E-state index < -0.39 is 0 Å². The molecule has 0 radical (unpaired) electrons. The number of aromatic nitrogens is 12. The Morgan fingerprint density at radius 2 is 1.11 bits per heavy atom. The van der Waals surface area contributed by atoms with Crippen LogP contribution in [0.4, 0.5) is 23.5 Å². The number of H-pyrrole nitrogens is 3. The maximum Gasteiger partial charge on any atom is 0.258 e. The number of hydrogen-bond acceptors (Lipinski definition) is 17. The molecule has 8 heterocycles. The predicted molar refractivity (Wildman–Crippen MR) is 292 cm³/mol. The molecule has 0 spiro atoms. The van der Waals surface area contributed by atoms with Gasteiger partial charge in [-0.15, -0.1) is 10.2 Å². The van der Waals surface area contributed by atoms with E-state index in [0.29, 0.717) is 108 Å². The van der Waals surface area contributed by atoms with Gasteiger partial charge in [0.05, 0.1) is 13.7 Å². The van der Waals surface area contributed by atoms with Crippen LogP contribution in [0.1, 0.15) is 77.5 Å². The van der Waals surface area contributed by atoms with Crippen LogP contribution in [0.5, 0.6) is 28.7 Å². The highest BCUT2D eigenvalue weighted by Gasteiger charge is 2.29. The van der Waals surface area contributed by atoms with E-state index in [1.165, 1.54) is 0 Å². The Balaban J connectivity index is 0.000000183. The van der Waals surface area contributed by atoms with Crippen molar-refractivity contribution < 1.29 is 33.4 Å². The number of carbonyl (C=O) groups excluding carboxylic acids is 4. The van der Waals surface area contributed by atoms with Gasteiger partial charge in [0.1, 0.15) is 51.2 Å². The summed E-state index contributed by atoms with van der Waals surface area (Å²) in [6.45, 7) is 10.4. The molecular weight excluding hydrogens is 1010 g/mol. The van der Waals surface area contributed by atoms with Gasteiger partial charge in [-0.3, -0.25) is 45.1 Å². The van der Waals surface area contributed by atoms with Crippen molar-refractivity contribution in [2.24, 2.45) is 0 Å². The molecule has 79 heavy (non-hydrogen) atoms. The van der Waals surface area contributed by atoms with Crippen molar-refractivity contribution in [3.63, 3.8) is 0 Å². The van der Waals surface area contributed by atoms with Crippen LogP contribution in [-0.4, -0.2) is 139 Å². The van der Waals surface area contributed by atoms with Gasteiger partial charge in [-0.25, -0.2) is 14.6 Å². The zero-order valence-corrected chi connectivity index (χ0v) is 44.0. The minimum Gasteiger partial charge on any atom is -0.497 e. The molecule has 0 unspecified atom stereocenters. The molecule has 6 aromatic heterocycles. The molecule has 2 saturated heterocycles. The third-order valence-electron chi connectivity index (χ3n) is 13.2. The molecule has 25 nitrogen and oxygen atoms in total. The second-order valence-electron chi connectivity index (χ2n) is 18.8. The van der Waals surface area contributed by atoms with Crippen LogP contribution < -0.4 is 35.5 Å². The number of rotatable bonds is 17. The molecule has 2 fully saturated rings. The van der Waals surface area contributed by atoms with Crippen LogP contribution in [0, 0.1) is 13.8 Å². The van der Waals surface area contributed by atoms with Crippen LogP contribution in [0.2, 0.25) is 0 Å². The van der Waals surface area contributed by atoms with E-state index in [-0.39, 0.29) is 47.6 Å². The number of ether oxygens (including phenoxy) is 3. The molecule has 0 bridgehead atoms. The lowest BCUT2D eigenvalue weighted by Crippen LogP contribution is -2.31. The monoisotopic (exact) mass is 1070 g/mol. The molecule has 2 aliphatic heterocycles. The molecule has 4 amide bonds. The Kier molecular flexibility index (Phi) is 15.6. The minimum absolute atomic E-state index is 0.0386. The van der Waals surface area contributed by atoms with Crippen LogP contribution in [0.15, 0.2) is 97.3 Å². The molecule has 0 saturated carbocycles. The molecule has 2 atom stereocenters. The largest absolute Gasteiger partial charge is 0.497 e. The van der Waals surface area contributed by atoms with Gasteiger partial charge in [0.25, 0.3) is 11.8 Å². The van der Waals surface area contributed by atoms with Crippen molar-refractivity contribution >= 4 is 69.2 Å². The average Bonchev–Trinajstić information content (AvgIpc) is 4.50. The number of hydrogen-bond donors (Lipinski definition) is 7. The van der Waals surface area contributed by atoms with Gasteiger partial charge in [-0.1, -0.05) is 26.0 Å².